The van der Waals surface area contributed by atoms with Crippen LogP contribution in [0.3, 0.4) is 0 Å². The van der Waals surface area contributed by atoms with Crippen molar-refractivity contribution in [3.63, 3.8) is 0 Å². The molecule has 2 aromatic rings. The number of aliphatic hydroxyl groups excluding tert-OH is 1. The molecule has 0 unspecified atom stereocenters. The molecule has 0 saturated carbocycles. The van der Waals surface area contributed by atoms with E-state index in [1.807, 2.05) is 60.7 Å². The minimum absolute atomic E-state index is 0.0931. The van der Waals surface area contributed by atoms with Gasteiger partial charge >= 0.3 is 12.1 Å². The van der Waals surface area contributed by atoms with E-state index in [1.54, 1.807) is 0 Å². The molecule has 1 saturated heterocycles. The van der Waals surface area contributed by atoms with Crippen LogP contribution in [-0.2, 0) is 27.5 Å². The second kappa shape index (κ2) is 8.49. The minimum Gasteiger partial charge on any atom is -0.459 e. The number of hydrogen-bond acceptors (Lipinski definition) is 5. The number of likely N-dealkylation sites (tertiary alicyclic amines) is 1. The summed E-state index contributed by atoms with van der Waals surface area (Å²) in [6.45, 7) is 0.452. The van der Waals surface area contributed by atoms with Crippen LogP contribution in [0.2, 0.25) is 0 Å². The Morgan fingerprint density at radius 1 is 0.923 bits per heavy atom. The Hall–Kier alpha value is -2.86. The van der Waals surface area contributed by atoms with Crippen LogP contribution in [0, 0.1) is 0 Å². The summed E-state index contributed by atoms with van der Waals surface area (Å²) < 4.78 is 10.5. The molecule has 1 aliphatic heterocycles. The second-order valence-electron chi connectivity index (χ2n) is 6.13. The molecular weight excluding hydrogens is 334 g/mol. The third-order valence-electron chi connectivity index (χ3n) is 4.27. The van der Waals surface area contributed by atoms with Crippen LogP contribution < -0.4 is 0 Å². The fraction of sp³-hybridized carbons (Fsp3) is 0.300. The summed E-state index contributed by atoms with van der Waals surface area (Å²) in [5, 5.41) is 10.1. The number of ether oxygens (including phenoxy) is 2. The van der Waals surface area contributed by atoms with E-state index < -0.39 is 24.2 Å². The smallest absolute Gasteiger partial charge is 0.410 e. The highest BCUT2D eigenvalue weighted by atomic mass is 16.6. The number of carbonyl (C=O) groups is 2. The van der Waals surface area contributed by atoms with Crippen LogP contribution in [0.1, 0.15) is 17.5 Å². The van der Waals surface area contributed by atoms with E-state index in [0.29, 0.717) is 6.42 Å². The molecule has 1 heterocycles. The number of aliphatic hydroxyl groups is 1. The van der Waals surface area contributed by atoms with Crippen molar-refractivity contribution >= 4 is 12.1 Å². The first kappa shape index (κ1) is 17.9. The summed E-state index contributed by atoms with van der Waals surface area (Å²) in [4.78, 5) is 26.0. The van der Waals surface area contributed by atoms with Crippen molar-refractivity contribution in [2.75, 3.05) is 6.54 Å². The van der Waals surface area contributed by atoms with E-state index in [4.69, 9.17) is 9.47 Å². The van der Waals surface area contributed by atoms with Crippen molar-refractivity contribution in [2.24, 2.45) is 0 Å². The van der Waals surface area contributed by atoms with E-state index in [-0.39, 0.29) is 19.8 Å². The van der Waals surface area contributed by atoms with Crippen molar-refractivity contribution in [3.8, 4) is 0 Å². The highest BCUT2D eigenvalue weighted by molar-refractivity contribution is 5.82. The van der Waals surface area contributed by atoms with Crippen LogP contribution in [-0.4, -0.2) is 40.8 Å². The maximum atomic E-state index is 12.4. The third kappa shape index (κ3) is 4.40. The average Bonchev–Trinajstić information content (AvgIpc) is 3.07. The first-order valence-corrected chi connectivity index (χ1v) is 8.51. The number of rotatable bonds is 5. The standard InChI is InChI=1S/C20H21NO5/c22-17-11-12-21(20(24)26-14-16-9-5-2-6-10-16)18(17)19(23)25-13-15-7-3-1-4-8-15/h1-10,17-18,22H,11-14H2/t17-,18-/m0/s1. The molecule has 0 radical (unpaired) electrons. The number of esters is 1. The zero-order chi connectivity index (χ0) is 18.4. The number of carbonyl (C=O) groups excluding carboxylic acids is 2. The molecule has 1 amide bonds. The van der Waals surface area contributed by atoms with E-state index in [2.05, 4.69) is 0 Å². The summed E-state index contributed by atoms with van der Waals surface area (Å²) in [5.41, 5.74) is 1.69. The predicted octanol–water partition coefficient (Wildman–Crippen LogP) is 2.50. The number of nitrogens with zero attached hydrogens (tertiary/aromatic N) is 1. The lowest BCUT2D eigenvalue weighted by Crippen LogP contribution is -2.46. The first-order chi connectivity index (χ1) is 12.6. The van der Waals surface area contributed by atoms with E-state index >= 15 is 0 Å². The molecule has 2 atom stereocenters. The number of amides is 1. The van der Waals surface area contributed by atoms with Gasteiger partial charge in [-0.25, -0.2) is 9.59 Å². The number of benzene rings is 2. The zero-order valence-corrected chi connectivity index (χ0v) is 14.3. The predicted molar refractivity (Wildman–Crippen MR) is 94.0 cm³/mol. The van der Waals surface area contributed by atoms with Crippen molar-refractivity contribution in [1.82, 2.24) is 4.90 Å². The van der Waals surface area contributed by atoms with Crippen molar-refractivity contribution in [3.05, 3.63) is 71.8 Å². The highest BCUT2D eigenvalue weighted by Crippen LogP contribution is 2.21. The molecule has 0 aliphatic carbocycles. The fourth-order valence-electron chi connectivity index (χ4n) is 2.88. The molecule has 3 rings (SSSR count). The van der Waals surface area contributed by atoms with Gasteiger partial charge in [0.15, 0.2) is 6.04 Å². The lowest BCUT2D eigenvalue weighted by Gasteiger charge is -2.24. The summed E-state index contributed by atoms with van der Waals surface area (Å²) in [5.74, 6) is -0.629. The fourth-order valence-corrected chi connectivity index (χ4v) is 2.88. The van der Waals surface area contributed by atoms with Gasteiger partial charge in [-0.2, -0.15) is 0 Å². The van der Waals surface area contributed by atoms with Gasteiger partial charge in [-0.05, 0) is 17.5 Å². The van der Waals surface area contributed by atoms with Crippen molar-refractivity contribution in [2.45, 2.75) is 31.8 Å². The topological polar surface area (TPSA) is 76.1 Å². The monoisotopic (exact) mass is 355 g/mol. The molecular formula is C20H21NO5. The second-order valence-corrected chi connectivity index (χ2v) is 6.13. The quantitative estimate of drug-likeness (QED) is 0.834. The Balaban J connectivity index is 1.57. The lowest BCUT2D eigenvalue weighted by atomic mass is 10.2. The molecule has 136 valence electrons. The normalized spacial score (nSPS) is 19.2. The Morgan fingerprint density at radius 2 is 1.46 bits per heavy atom. The van der Waals surface area contributed by atoms with Gasteiger partial charge in [0.05, 0.1) is 6.10 Å². The van der Waals surface area contributed by atoms with Crippen molar-refractivity contribution < 1.29 is 24.2 Å². The van der Waals surface area contributed by atoms with Crippen molar-refractivity contribution in [1.29, 1.82) is 0 Å². The minimum atomic E-state index is -1.04. The zero-order valence-electron chi connectivity index (χ0n) is 14.3. The Kier molecular flexibility index (Phi) is 5.86. The van der Waals surface area contributed by atoms with Crippen LogP contribution in [0.25, 0.3) is 0 Å². The molecule has 2 aromatic carbocycles. The Morgan fingerprint density at radius 3 is 2.04 bits per heavy atom. The summed E-state index contributed by atoms with van der Waals surface area (Å²) in [6.07, 6.45) is -1.28. The molecule has 6 nitrogen and oxygen atoms in total. The van der Waals surface area contributed by atoms with Crippen LogP contribution in [0.15, 0.2) is 60.7 Å². The molecule has 0 bridgehead atoms. The lowest BCUT2D eigenvalue weighted by molar-refractivity contribution is -0.152. The van der Waals surface area contributed by atoms with Crippen LogP contribution >= 0.6 is 0 Å². The Bertz CT molecular complexity index is 734. The van der Waals surface area contributed by atoms with E-state index in [9.17, 15) is 14.7 Å². The van der Waals surface area contributed by atoms with Gasteiger partial charge < -0.3 is 14.6 Å². The Labute approximate surface area is 152 Å². The van der Waals surface area contributed by atoms with Gasteiger partial charge in [-0.3, -0.25) is 4.90 Å². The summed E-state index contributed by atoms with van der Waals surface area (Å²) >= 11 is 0. The summed E-state index contributed by atoms with van der Waals surface area (Å²) in [6, 6.07) is 17.5. The van der Waals surface area contributed by atoms with Crippen LogP contribution in [0.4, 0.5) is 4.79 Å². The maximum Gasteiger partial charge on any atom is 0.410 e. The highest BCUT2D eigenvalue weighted by Gasteiger charge is 2.43. The van der Waals surface area contributed by atoms with Gasteiger partial charge in [0, 0.05) is 6.54 Å². The maximum absolute atomic E-state index is 12.4. The third-order valence-corrected chi connectivity index (χ3v) is 4.27. The first-order valence-electron chi connectivity index (χ1n) is 8.51. The summed E-state index contributed by atoms with van der Waals surface area (Å²) in [7, 11) is 0. The van der Waals surface area contributed by atoms with Gasteiger partial charge in [0.2, 0.25) is 0 Å². The molecule has 0 spiro atoms. The molecule has 26 heavy (non-hydrogen) atoms. The molecule has 0 aromatic heterocycles. The van der Waals surface area contributed by atoms with Gasteiger partial charge in [-0.15, -0.1) is 0 Å². The molecule has 6 heteroatoms. The average molecular weight is 355 g/mol. The molecule has 1 N–H and O–H groups in total. The number of hydrogen-bond donors (Lipinski definition) is 1. The van der Waals surface area contributed by atoms with Crippen LogP contribution in [0.5, 0.6) is 0 Å². The van der Waals surface area contributed by atoms with Gasteiger partial charge in [-0.1, -0.05) is 60.7 Å². The van der Waals surface area contributed by atoms with E-state index in [0.717, 1.165) is 11.1 Å². The van der Waals surface area contributed by atoms with E-state index in [1.165, 1.54) is 4.90 Å². The molecule has 1 fully saturated rings. The molecule has 1 aliphatic rings. The van der Waals surface area contributed by atoms with Gasteiger partial charge in [0.25, 0.3) is 0 Å². The largest absolute Gasteiger partial charge is 0.459 e. The SMILES string of the molecule is O=C(OCc1ccccc1)[C@@H]1[C@@H](O)CCN1C(=O)OCc1ccccc1. The van der Waals surface area contributed by atoms with Gasteiger partial charge in [0.1, 0.15) is 13.2 Å².